The zero-order valence-corrected chi connectivity index (χ0v) is 37.4. The minimum atomic E-state index is -0.342. The molecule has 63 heavy (non-hydrogen) atoms. The van der Waals surface area contributed by atoms with Gasteiger partial charge in [-0.25, -0.2) is 0 Å². The molecule has 4 aromatic heterocycles. The fourth-order valence-corrected chi connectivity index (χ4v) is 7.40. The van der Waals surface area contributed by atoms with E-state index in [9.17, 15) is 0 Å². The largest absolute Gasteiger partial charge is 2.00 e. The maximum absolute atomic E-state index is 4.71. The van der Waals surface area contributed by atoms with Crippen LogP contribution >= 0.6 is 0 Å². The third-order valence-electron chi connectivity index (χ3n) is 10.3. The number of anilines is 6. The number of rotatable bonds is 9. The molecule has 0 saturated carbocycles. The van der Waals surface area contributed by atoms with Gasteiger partial charge in [-0.2, -0.15) is 22.9 Å². The summed E-state index contributed by atoms with van der Waals surface area (Å²) in [6.07, 6.45) is 3.59. The molecular weight excluding hydrogens is 963 g/mol. The van der Waals surface area contributed by atoms with Gasteiger partial charge in [-0.05, 0) is 59.2 Å². The Hall–Kier alpha value is -6.72. The summed E-state index contributed by atoms with van der Waals surface area (Å²) in [6, 6.07) is 67.7. The molecule has 0 atom stereocenters. The normalized spacial score (nSPS) is 11.2. The molecule has 10 rings (SSSR count). The predicted molar refractivity (Wildman–Crippen MR) is 242 cm³/mol. The number of benzene rings is 6. The van der Waals surface area contributed by atoms with Gasteiger partial charge in [0.2, 0.25) is 0 Å². The molecule has 0 fully saturated rings. The number of nitrogens with zero attached hydrogens (tertiary/aromatic N) is 9. The van der Waals surface area contributed by atoms with Crippen molar-refractivity contribution in [3.63, 3.8) is 0 Å². The van der Waals surface area contributed by atoms with Crippen molar-refractivity contribution in [2.24, 2.45) is 0 Å². The Morgan fingerprint density at radius 1 is 0.429 bits per heavy atom. The maximum Gasteiger partial charge on any atom is 2.00 e. The third-order valence-corrected chi connectivity index (χ3v) is 10.3. The van der Waals surface area contributed by atoms with Gasteiger partial charge in [-0.3, -0.25) is 0 Å². The van der Waals surface area contributed by atoms with E-state index in [1.165, 1.54) is 0 Å². The molecule has 0 bridgehead atoms. The van der Waals surface area contributed by atoms with Gasteiger partial charge in [0, 0.05) is 29.2 Å². The smallest absolute Gasteiger partial charge is 0.352 e. The predicted octanol–water partition coefficient (Wildman–Crippen LogP) is 11.9. The van der Waals surface area contributed by atoms with Crippen LogP contribution < -0.4 is 9.80 Å². The summed E-state index contributed by atoms with van der Waals surface area (Å²) < 4.78 is 1.96. The first kappa shape index (κ1) is 43.0. The average Bonchev–Trinajstić information content (AvgIpc) is 3.63. The summed E-state index contributed by atoms with van der Waals surface area (Å²) in [4.78, 5) is 13.5. The molecule has 11 heteroatoms. The number of hydrogen-bond donors (Lipinski definition) is 0. The van der Waals surface area contributed by atoms with Crippen molar-refractivity contribution >= 4 is 55.9 Å². The zero-order chi connectivity index (χ0) is 41.3. The van der Waals surface area contributed by atoms with E-state index in [0.717, 1.165) is 78.4 Å². The van der Waals surface area contributed by atoms with Crippen LogP contribution in [0.4, 0.5) is 34.1 Å². The average molecular weight is 1000 g/mol. The van der Waals surface area contributed by atoms with E-state index < -0.39 is 0 Å². The molecule has 10 aromatic rings. The number of para-hydroxylation sites is 2. The quantitative estimate of drug-likeness (QED) is 0.104. The summed E-state index contributed by atoms with van der Waals surface area (Å²) in [5.74, 6) is 0.850. The van der Waals surface area contributed by atoms with E-state index in [1.807, 2.05) is 135 Å². The van der Waals surface area contributed by atoms with Crippen LogP contribution in [-0.2, 0) is 46.3 Å². The molecule has 0 saturated heterocycles. The summed E-state index contributed by atoms with van der Waals surface area (Å²) >= 11 is 0. The number of hydrogen-bond acceptors (Lipinski definition) is 8. The van der Waals surface area contributed by atoms with Crippen LogP contribution in [0.5, 0.6) is 0 Å². The van der Waals surface area contributed by atoms with Crippen LogP contribution in [0.2, 0.25) is 0 Å². The first-order valence-corrected chi connectivity index (χ1v) is 20.0. The summed E-state index contributed by atoms with van der Waals surface area (Å²) in [5, 5.41) is 20.5. The van der Waals surface area contributed by atoms with E-state index >= 15 is 0 Å². The second kappa shape index (κ2) is 18.3. The van der Waals surface area contributed by atoms with Crippen molar-refractivity contribution in [2.75, 3.05) is 9.80 Å². The number of aromatic nitrogens is 7. The topological polar surface area (TPSA) is 88.8 Å². The van der Waals surface area contributed by atoms with Crippen LogP contribution in [0.15, 0.2) is 170 Å². The fourth-order valence-electron chi connectivity index (χ4n) is 7.40. The summed E-state index contributed by atoms with van der Waals surface area (Å²) in [7, 11) is 0. The molecule has 0 unspecified atom stereocenters. The van der Waals surface area contributed by atoms with Crippen LogP contribution in [0.25, 0.3) is 50.3 Å². The molecule has 0 aliphatic carbocycles. The first-order chi connectivity index (χ1) is 29.9. The zero-order valence-electron chi connectivity index (χ0n) is 34.3. The Kier molecular flexibility index (Phi) is 12.5. The van der Waals surface area contributed by atoms with Gasteiger partial charge in [0.1, 0.15) is 0 Å². The molecule has 0 radical (unpaired) electrons. The summed E-state index contributed by atoms with van der Waals surface area (Å²) in [5.41, 5.74) is 9.71. The Morgan fingerprint density at radius 3 is 1.27 bits per heavy atom. The van der Waals surface area contributed by atoms with Crippen LogP contribution in [0, 0.1) is 24.3 Å². The van der Waals surface area contributed by atoms with E-state index in [2.05, 4.69) is 103 Å². The van der Waals surface area contributed by atoms with Gasteiger partial charge in [0.25, 0.3) is 5.95 Å². The minimum Gasteiger partial charge on any atom is -0.352 e. The maximum atomic E-state index is 4.71. The van der Waals surface area contributed by atoms with Crippen molar-refractivity contribution in [1.29, 1.82) is 0 Å². The second-order valence-corrected chi connectivity index (χ2v) is 15.5. The molecule has 9 nitrogen and oxygen atoms in total. The van der Waals surface area contributed by atoms with Gasteiger partial charge >= 0.3 is 40.8 Å². The molecule has 0 spiro atoms. The van der Waals surface area contributed by atoms with E-state index in [1.54, 1.807) is 12.4 Å². The summed E-state index contributed by atoms with van der Waals surface area (Å²) in [6.45, 7) is 6.13. The van der Waals surface area contributed by atoms with Crippen molar-refractivity contribution < 1.29 is 40.8 Å². The van der Waals surface area contributed by atoms with Gasteiger partial charge in [-0.15, -0.1) is 104 Å². The number of pyridine rings is 2. The monoisotopic (exact) mass is 999 g/mol. The van der Waals surface area contributed by atoms with E-state index in [-0.39, 0.29) is 46.3 Å². The van der Waals surface area contributed by atoms with Gasteiger partial charge in [-0.1, -0.05) is 104 Å². The first-order valence-electron chi connectivity index (χ1n) is 20.0. The Bertz CT molecular complexity index is 2940. The Morgan fingerprint density at radius 2 is 0.857 bits per heavy atom. The molecular formula is C52H37N9Pd2. The minimum absolute atomic E-state index is 0. The Labute approximate surface area is 393 Å². The molecule has 0 aliphatic heterocycles. The van der Waals surface area contributed by atoms with Crippen molar-refractivity contribution in [3.8, 4) is 28.5 Å². The van der Waals surface area contributed by atoms with Gasteiger partial charge in [0.15, 0.2) is 5.82 Å². The molecule has 6 aromatic carbocycles. The van der Waals surface area contributed by atoms with Crippen molar-refractivity contribution in [2.45, 2.75) is 26.2 Å². The third kappa shape index (κ3) is 8.58. The molecule has 310 valence electrons. The van der Waals surface area contributed by atoms with Crippen LogP contribution in [0.1, 0.15) is 26.6 Å². The fraction of sp³-hybridized carbons (Fsp3) is 0.0769. The van der Waals surface area contributed by atoms with Crippen molar-refractivity contribution in [1.82, 2.24) is 34.9 Å². The standard InChI is InChI=1S/C52H37N9.2Pd/c1-52(2,3)50-55-57-51(58-56-50)61-48-34-42(59(38-18-6-4-7-19-38)40-22-14-16-36(32-40)46-24-10-12-30-53-46)26-28-44(48)45-29-27-43(35-49(45)61)60(39-20-8-5-9-21-39)41-23-15-17-37(33-41)47-25-11-13-31-54-47;;/h4-31H,1-3H3;;/q-4;2*+2. The van der Waals surface area contributed by atoms with E-state index in [0.29, 0.717) is 11.8 Å². The van der Waals surface area contributed by atoms with Gasteiger partial charge < -0.3 is 24.3 Å². The number of fused-ring (bicyclic) bond motifs is 3. The molecule has 0 N–H and O–H groups in total. The van der Waals surface area contributed by atoms with E-state index in [4.69, 9.17) is 10.2 Å². The SMILES string of the molecule is CC(C)(C)c1nnc(-n2c3[c-]c(N(c4[c-]c(-c5ccccn5)ccc4)c4ccccc4)ccc3c3ccc(N(c4[c-]c(-c5ccccn5)ccc4)c4ccccc4)[c-]c32)nn1.[Pd+2].[Pd+2]. The molecule has 0 amide bonds. The molecule has 4 heterocycles. The Balaban J connectivity index is 0.00000272. The van der Waals surface area contributed by atoms with Gasteiger partial charge in [0.05, 0.1) is 0 Å². The van der Waals surface area contributed by atoms with Crippen LogP contribution in [-0.4, -0.2) is 34.9 Å². The van der Waals surface area contributed by atoms with Crippen LogP contribution in [0.3, 0.4) is 0 Å². The second-order valence-electron chi connectivity index (χ2n) is 15.5. The van der Waals surface area contributed by atoms with Crippen molar-refractivity contribution in [3.05, 3.63) is 200 Å². The molecule has 0 aliphatic rings.